The van der Waals surface area contributed by atoms with Crippen LogP contribution in [0.4, 0.5) is 5.69 Å². The summed E-state index contributed by atoms with van der Waals surface area (Å²) in [5.74, 6) is -1.14. The molecule has 0 atom stereocenters. The summed E-state index contributed by atoms with van der Waals surface area (Å²) in [7, 11) is 0. The molecule has 5 nitrogen and oxygen atoms in total. The first kappa shape index (κ1) is 16.6. The molecule has 26 heavy (non-hydrogen) atoms. The summed E-state index contributed by atoms with van der Waals surface area (Å²) in [6, 6.07) is 15.8. The van der Waals surface area contributed by atoms with Crippen molar-refractivity contribution in [2.24, 2.45) is 5.92 Å². The highest BCUT2D eigenvalue weighted by atomic mass is 16.4. The van der Waals surface area contributed by atoms with Gasteiger partial charge in [0.1, 0.15) is 6.07 Å². The summed E-state index contributed by atoms with van der Waals surface area (Å²) in [5.41, 5.74) is 3.55. The number of carbonyl (C=O) groups is 1. The number of nitriles is 1. The van der Waals surface area contributed by atoms with Crippen LogP contribution in [0.25, 0.3) is 11.1 Å². The van der Waals surface area contributed by atoms with Gasteiger partial charge in [0.05, 0.1) is 22.8 Å². The number of benzene rings is 2. The Morgan fingerprint density at radius 1 is 1.12 bits per heavy atom. The lowest BCUT2D eigenvalue weighted by Crippen LogP contribution is -2.50. The summed E-state index contributed by atoms with van der Waals surface area (Å²) in [6.07, 6.45) is 2.68. The Morgan fingerprint density at radius 2 is 1.77 bits per heavy atom. The van der Waals surface area contributed by atoms with Crippen molar-refractivity contribution in [2.75, 3.05) is 18.0 Å². The molecule has 1 aliphatic carbocycles. The average molecular weight is 348 g/mol. The Kier molecular flexibility index (Phi) is 3.93. The first-order chi connectivity index (χ1) is 12.5. The topological polar surface area (TPSA) is 84.6 Å². The van der Waals surface area contributed by atoms with E-state index in [1.165, 1.54) is 0 Å². The number of aliphatic carboxylic acids is 1. The van der Waals surface area contributed by atoms with Gasteiger partial charge in [-0.3, -0.25) is 4.79 Å². The predicted molar refractivity (Wildman–Crippen MR) is 97.7 cm³/mol. The van der Waals surface area contributed by atoms with Gasteiger partial charge in [-0.1, -0.05) is 30.3 Å². The standard InChI is InChI=1S/C21H20N2O3/c22-11-16-10-15(4-7-19(16)23-12-17(13-23)20(24)25)14-2-5-18(6-3-14)21(26)8-1-9-21/h2-7,10,17,26H,1,8-9,12-13H2,(H,24,25). The van der Waals surface area contributed by atoms with Crippen LogP contribution in [0.1, 0.15) is 30.4 Å². The van der Waals surface area contributed by atoms with Gasteiger partial charge in [0.2, 0.25) is 0 Å². The molecule has 0 unspecified atom stereocenters. The van der Waals surface area contributed by atoms with E-state index in [1.807, 2.05) is 47.4 Å². The van der Waals surface area contributed by atoms with Crippen LogP contribution >= 0.6 is 0 Å². The van der Waals surface area contributed by atoms with Crippen molar-refractivity contribution >= 4 is 11.7 Å². The maximum Gasteiger partial charge on any atom is 0.310 e. The Labute approximate surface area is 152 Å². The zero-order chi connectivity index (χ0) is 18.3. The van der Waals surface area contributed by atoms with Crippen LogP contribution in [0.5, 0.6) is 0 Å². The minimum Gasteiger partial charge on any atom is -0.481 e. The Bertz CT molecular complexity index is 888. The molecule has 2 N–H and O–H groups in total. The molecule has 2 aromatic rings. The van der Waals surface area contributed by atoms with E-state index in [2.05, 4.69) is 6.07 Å². The monoisotopic (exact) mass is 348 g/mol. The van der Waals surface area contributed by atoms with Crippen molar-refractivity contribution in [2.45, 2.75) is 24.9 Å². The van der Waals surface area contributed by atoms with Gasteiger partial charge in [0, 0.05) is 13.1 Å². The first-order valence-corrected chi connectivity index (χ1v) is 8.85. The quantitative estimate of drug-likeness (QED) is 0.887. The number of carboxylic acids is 1. The second kappa shape index (κ2) is 6.15. The van der Waals surface area contributed by atoms with Gasteiger partial charge in [-0.2, -0.15) is 5.26 Å². The van der Waals surface area contributed by atoms with Crippen LogP contribution in [0.2, 0.25) is 0 Å². The molecule has 0 amide bonds. The highest BCUT2D eigenvalue weighted by Gasteiger charge is 2.36. The maximum atomic E-state index is 11.0. The summed E-state index contributed by atoms with van der Waals surface area (Å²) in [4.78, 5) is 12.9. The highest BCUT2D eigenvalue weighted by molar-refractivity contribution is 5.77. The largest absolute Gasteiger partial charge is 0.481 e. The fraction of sp³-hybridized carbons (Fsp3) is 0.333. The van der Waals surface area contributed by atoms with Crippen molar-refractivity contribution in [3.05, 3.63) is 53.6 Å². The summed E-state index contributed by atoms with van der Waals surface area (Å²) in [5, 5.41) is 28.9. The Balaban J connectivity index is 1.56. The first-order valence-electron chi connectivity index (χ1n) is 8.85. The van der Waals surface area contributed by atoms with Gasteiger partial charge in [-0.25, -0.2) is 0 Å². The fourth-order valence-electron chi connectivity index (χ4n) is 3.69. The van der Waals surface area contributed by atoms with Crippen LogP contribution in [0, 0.1) is 17.2 Å². The van der Waals surface area contributed by atoms with Gasteiger partial charge in [-0.15, -0.1) is 0 Å². The molecule has 1 heterocycles. The van der Waals surface area contributed by atoms with E-state index in [0.717, 1.165) is 41.6 Å². The number of hydrogen-bond acceptors (Lipinski definition) is 4. The normalized spacial score (nSPS) is 18.5. The molecule has 1 aliphatic heterocycles. The van der Waals surface area contributed by atoms with Crippen molar-refractivity contribution < 1.29 is 15.0 Å². The minimum absolute atomic E-state index is 0.355. The number of aliphatic hydroxyl groups is 1. The lowest BCUT2D eigenvalue weighted by atomic mass is 9.75. The molecule has 1 saturated carbocycles. The van der Waals surface area contributed by atoms with Gasteiger partial charge in [0.15, 0.2) is 0 Å². The van der Waals surface area contributed by atoms with Crippen LogP contribution in [-0.2, 0) is 10.4 Å². The van der Waals surface area contributed by atoms with E-state index in [-0.39, 0.29) is 5.92 Å². The lowest BCUT2D eigenvalue weighted by molar-refractivity contribution is -0.142. The van der Waals surface area contributed by atoms with E-state index in [9.17, 15) is 15.2 Å². The van der Waals surface area contributed by atoms with Crippen molar-refractivity contribution in [1.29, 1.82) is 5.26 Å². The van der Waals surface area contributed by atoms with Crippen molar-refractivity contribution in [3.63, 3.8) is 0 Å². The molecule has 5 heteroatoms. The average Bonchev–Trinajstić information content (AvgIpc) is 2.58. The number of carboxylic acid groups (broad SMARTS) is 1. The zero-order valence-electron chi connectivity index (χ0n) is 14.4. The minimum atomic E-state index is -0.787. The summed E-state index contributed by atoms with van der Waals surface area (Å²) >= 11 is 0. The molecule has 4 rings (SSSR count). The van der Waals surface area contributed by atoms with E-state index in [0.29, 0.717) is 18.7 Å². The van der Waals surface area contributed by atoms with Crippen LogP contribution in [-0.4, -0.2) is 29.3 Å². The number of rotatable bonds is 4. The molecule has 1 saturated heterocycles. The second-order valence-electron chi connectivity index (χ2n) is 7.25. The molecule has 0 spiro atoms. The molecule has 0 aromatic heterocycles. The Hall–Kier alpha value is -2.84. The number of nitrogens with zero attached hydrogens (tertiary/aromatic N) is 2. The molecule has 2 fully saturated rings. The van der Waals surface area contributed by atoms with Crippen LogP contribution in [0.15, 0.2) is 42.5 Å². The van der Waals surface area contributed by atoms with Gasteiger partial charge in [-0.05, 0) is 48.1 Å². The van der Waals surface area contributed by atoms with Crippen molar-refractivity contribution in [1.82, 2.24) is 0 Å². The predicted octanol–water partition coefficient (Wildman–Crippen LogP) is 3.12. The number of hydrogen-bond donors (Lipinski definition) is 2. The van der Waals surface area contributed by atoms with Crippen molar-refractivity contribution in [3.8, 4) is 17.2 Å². The third kappa shape index (κ3) is 2.73. The van der Waals surface area contributed by atoms with Gasteiger partial charge in [0.25, 0.3) is 0 Å². The second-order valence-corrected chi connectivity index (χ2v) is 7.25. The highest BCUT2D eigenvalue weighted by Crippen LogP contribution is 2.41. The van der Waals surface area contributed by atoms with E-state index in [4.69, 9.17) is 5.11 Å². The van der Waals surface area contributed by atoms with E-state index < -0.39 is 11.6 Å². The van der Waals surface area contributed by atoms with Crippen LogP contribution in [0.3, 0.4) is 0 Å². The molecule has 0 radical (unpaired) electrons. The SMILES string of the molecule is N#Cc1cc(-c2ccc(C3(O)CCC3)cc2)ccc1N1CC(C(=O)O)C1. The molecule has 132 valence electrons. The van der Waals surface area contributed by atoms with E-state index >= 15 is 0 Å². The summed E-state index contributed by atoms with van der Waals surface area (Å²) in [6.45, 7) is 0.882. The molecular weight excluding hydrogens is 328 g/mol. The van der Waals surface area contributed by atoms with Gasteiger partial charge >= 0.3 is 5.97 Å². The summed E-state index contributed by atoms with van der Waals surface area (Å²) < 4.78 is 0. The van der Waals surface area contributed by atoms with Crippen LogP contribution < -0.4 is 4.90 Å². The third-order valence-electron chi connectivity index (χ3n) is 5.62. The molecule has 0 bridgehead atoms. The number of anilines is 1. The Morgan fingerprint density at radius 3 is 2.31 bits per heavy atom. The van der Waals surface area contributed by atoms with E-state index in [1.54, 1.807) is 0 Å². The van der Waals surface area contributed by atoms with Gasteiger partial charge < -0.3 is 15.1 Å². The molecule has 2 aromatic carbocycles. The lowest BCUT2D eigenvalue weighted by Gasteiger charge is -2.39. The third-order valence-corrected chi connectivity index (χ3v) is 5.62. The zero-order valence-corrected chi connectivity index (χ0v) is 14.4. The molecular formula is C21H20N2O3. The maximum absolute atomic E-state index is 11.0. The molecule has 2 aliphatic rings. The smallest absolute Gasteiger partial charge is 0.310 e. The fourth-order valence-corrected chi connectivity index (χ4v) is 3.69.